The number of aryl methyl sites for hydroxylation is 1. The van der Waals surface area contributed by atoms with Crippen LogP contribution in [0, 0.1) is 6.92 Å². The molecule has 0 saturated heterocycles. The second-order valence-corrected chi connectivity index (χ2v) is 3.48. The zero-order valence-electron chi connectivity index (χ0n) is 7.90. The fraction of sp³-hybridized carbons (Fsp3) is 0.182. The molecule has 0 aliphatic carbocycles. The van der Waals surface area contributed by atoms with Crippen molar-refractivity contribution in [3.05, 3.63) is 41.4 Å². The van der Waals surface area contributed by atoms with Gasteiger partial charge in [-0.1, -0.05) is 0 Å². The zero-order valence-corrected chi connectivity index (χ0v) is 7.90. The molecule has 14 heavy (non-hydrogen) atoms. The lowest BCUT2D eigenvalue weighted by Crippen LogP contribution is -1.96. The van der Waals surface area contributed by atoms with Crippen molar-refractivity contribution in [2.45, 2.75) is 13.5 Å². The lowest BCUT2D eigenvalue weighted by atomic mass is 10.2. The highest BCUT2D eigenvalue weighted by molar-refractivity contribution is 5.79. The maximum absolute atomic E-state index is 5.53. The second-order valence-electron chi connectivity index (χ2n) is 3.48. The molecular formula is C11H10N2O. The number of nitrogens with zero attached hydrogens (tertiary/aromatic N) is 2. The number of furan rings is 1. The van der Waals surface area contributed by atoms with Gasteiger partial charge >= 0.3 is 0 Å². The first-order valence-corrected chi connectivity index (χ1v) is 4.61. The molecule has 0 atom stereocenters. The van der Waals surface area contributed by atoms with Gasteiger partial charge in [-0.3, -0.25) is 9.56 Å². The summed E-state index contributed by atoms with van der Waals surface area (Å²) in [4.78, 5) is 4.35. The standard InChI is InChI=1S/C11H10N2O/c1-8-7-14-11-10(8)6-12-5-9-3-2-4-13(9)11/h2-5,7H,6H2,1H3. The summed E-state index contributed by atoms with van der Waals surface area (Å²) in [5.74, 6) is 0.903. The molecule has 70 valence electrons. The van der Waals surface area contributed by atoms with Gasteiger partial charge in [0, 0.05) is 18.0 Å². The Hall–Kier alpha value is -1.77. The van der Waals surface area contributed by atoms with E-state index in [4.69, 9.17) is 4.42 Å². The van der Waals surface area contributed by atoms with Crippen molar-refractivity contribution in [2.24, 2.45) is 4.99 Å². The van der Waals surface area contributed by atoms with E-state index in [2.05, 4.69) is 4.99 Å². The van der Waals surface area contributed by atoms with E-state index in [1.54, 1.807) is 6.26 Å². The summed E-state index contributed by atoms with van der Waals surface area (Å²) >= 11 is 0. The monoisotopic (exact) mass is 186 g/mol. The Kier molecular flexibility index (Phi) is 1.42. The van der Waals surface area contributed by atoms with Crippen LogP contribution in [0.1, 0.15) is 16.8 Å². The summed E-state index contributed by atoms with van der Waals surface area (Å²) in [5.41, 5.74) is 3.41. The van der Waals surface area contributed by atoms with E-state index >= 15 is 0 Å². The third kappa shape index (κ3) is 0.894. The first-order valence-electron chi connectivity index (χ1n) is 4.61. The molecule has 0 spiro atoms. The first kappa shape index (κ1) is 7.62. The highest BCUT2D eigenvalue weighted by Crippen LogP contribution is 2.24. The summed E-state index contributed by atoms with van der Waals surface area (Å²) in [7, 11) is 0. The average molecular weight is 186 g/mol. The van der Waals surface area contributed by atoms with Gasteiger partial charge in [-0.25, -0.2) is 0 Å². The number of hydrogen-bond donors (Lipinski definition) is 0. The first-order chi connectivity index (χ1) is 6.86. The van der Waals surface area contributed by atoms with E-state index in [9.17, 15) is 0 Å². The van der Waals surface area contributed by atoms with E-state index in [0.29, 0.717) is 6.54 Å². The normalized spacial score (nSPS) is 13.5. The minimum Gasteiger partial charge on any atom is -0.447 e. The summed E-state index contributed by atoms with van der Waals surface area (Å²) in [6, 6.07) is 4.02. The molecule has 0 bridgehead atoms. The number of aromatic nitrogens is 1. The van der Waals surface area contributed by atoms with E-state index in [-0.39, 0.29) is 0 Å². The Morgan fingerprint density at radius 1 is 1.50 bits per heavy atom. The van der Waals surface area contributed by atoms with E-state index in [1.165, 1.54) is 11.1 Å². The van der Waals surface area contributed by atoms with Crippen LogP contribution >= 0.6 is 0 Å². The van der Waals surface area contributed by atoms with Crippen LogP contribution in [0.4, 0.5) is 0 Å². The van der Waals surface area contributed by atoms with Gasteiger partial charge in [-0.15, -0.1) is 0 Å². The maximum atomic E-state index is 5.53. The van der Waals surface area contributed by atoms with Gasteiger partial charge in [-0.2, -0.15) is 0 Å². The van der Waals surface area contributed by atoms with Crippen molar-refractivity contribution < 1.29 is 4.42 Å². The van der Waals surface area contributed by atoms with Crippen LogP contribution < -0.4 is 0 Å². The molecule has 0 saturated carbocycles. The van der Waals surface area contributed by atoms with Crippen LogP contribution in [-0.4, -0.2) is 10.8 Å². The third-order valence-corrected chi connectivity index (χ3v) is 2.55. The quantitative estimate of drug-likeness (QED) is 0.621. The molecule has 3 nitrogen and oxygen atoms in total. The Balaban J connectivity index is 2.33. The lowest BCUT2D eigenvalue weighted by Gasteiger charge is -2.01. The molecule has 3 heteroatoms. The number of aliphatic imine (C=N–C) groups is 1. The summed E-state index contributed by atoms with van der Waals surface area (Å²) < 4.78 is 7.56. The van der Waals surface area contributed by atoms with Gasteiger partial charge in [0.25, 0.3) is 0 Å². The van der Waals surface area contributed by atoms with Gasteiger partial charge in [0.15, 0.2) is 0 Å². The molecule has 1 aliphatic heterocycles. The van der Waals surface area contributed by atoms with Crippen molar-refractivity contribution in [2.75, 3.05) is 0 Å². The maximum Gasteiger partial charge on any atom is 0.209 e. The molecule has 2 aromatic rings. The van der Waals surface area contributed by atoms with Crippen LogP contribution in [-0.2, 0) is 6.54 Å². The minimum atomic E-state index is 0.708. The van der Waals surface area contributed by atoms with Crippen molar-refractivity contribution in [1.29, 1.82) is 0 Å². The summed E-state index contributed by atoms with van der Waals surface area (Å²) in [6.45, 7) is 2.76. The van der Waals surface area contributed by atoms with E-state index in [1.807, 2.05) is 36.0 Å². The smallest absolute Gasteiger partial charge is 0.209 e. The number of hydrogen-bond acceptors (Lipinski definition) is 2. The molecule has 3 rings (SSSR count). The van der Waals surface area contributed by atoms with Crippen LogP contribution in [0.2, 0.25) is 0 Å². The van der Waals surface area contributed by atoms with E-state index in [0.717, 1.165) is 11.6 Å². The molecule has 2 aromatic heterocycles. The summed E-state index contributed by atoms with van der Waals surface area (Å²) in [6.07, 6.45) is 5.67. The number of rotatable bonds is 0. The largest absolute Gasteiger partial charge is 0.447 e. The van der Waals surface area contributed by atoms with Gasteiger partial charge in [0.2, 0.25) is 5.88 Å². The predicted molar refractivity (Wildman–Crippen MR) is 54.1 cm³/mol. The Morgan fingerprint density at radius 2 is 2.43 bits per heavy atom. The fourth-order valence-electron chi connectivity index (χ4n) is 1.76. The molecule has 0 fully saturated rings. The fourth-order valence-corrected chi connectivity index (χ4v) is 1.76. The Labute approximate surface area is 81.7 Å². The number of fused-ring (bicyclic) bond motifs is 3. The SMILES string of the molecule is Cc1coc2c1CN=Cc1cccn1-2. The minimum absolute atomic E-state index is 0.708. The van der Waals surface area contributed by atoms with Gasteiger partial charge in [0.1, 0.15) is 0 Å². The molecular weight excluding hydrogens is 176 g/mol. The van der Waals surface area contributed by atoms with Crippen LogP contribution in [0.5, 0.6) is 0 Å². The molecule has 0 amide bonds. The predicted octanol–water partition coefficient (Wildman–Crippen LogP) is 2.31. The second kappa shape index (κ2) is 2.61. The van der Waals surface area contributed by atoms with Crippen molar-refractivity contribution >= 4 is 6.21 Å². The van der Waals surface area contributed by atoms with Crippen LogP contribution in [0.25, 0.3) is 5.88 Å². The average Bonchev–Trinajstić information content (AvgIpc) is 2.72. The van der Waals surface area contributed by atoms with Crippen LogP contribution in [0.3, 0.4) is 0 Å². The topological polar surface area (TPSA) is 30.4 Å². The highest BCUT2D eigenvalue weighted by Gasteiger charge is 2.15. The molecule has 3 heterocycles. The highest BCUT2D eigenvalue weighted by atomic mass is 16.3. The van der Waals surface area contributed by atoms with Crippen molar-refractivity contribution in [3.63, 3.8) is 0 Å². The third-order valence-electron chi connectivity index (χ3n) is 2.55. The Morgan fingerprint density at radius 3 is 3.36 bits per heavy atom. The lowest BCUT2D eigenvalue weighted by molar-refractivity contribution is 0.535. The summed E-state index contributed by atoms with van der Waals surface area (Å²) in [5, 5.41) is 0. The van der Waals surface area contributed by atoms with Gasteiger partial charge in [-0.05, 0) is 24.6 Å². The van der Waals surface area contributed by atoms with Crippen LogP contribution in [0.15, 0.2) is 34.0 Å². The zero-order chi connectivity index (χ0) is 9.54. The van der Waals surface area contributed by atoms with Gasteiger partial charge in [0.05, 0.1) is 18.5 Å². The molecule has 1 aliphatic rings. The molecule has 0 unspecified atom stereocenters. The molecule has 0 N–H and O–H groups in total. The Bertz CT molecular complexity index is 505. The molecule has 0 aromatic carbocycles. The molecule has 0 radical (unpaired) electrons. The van der Waals surface area contributed by atoms with Crippen molar-refractivity contribution in [3.8, 4) is 5.88 Å². The van der Waals surface area contributed by atoms with E-state index < -0.39 is 0 Å². The van der Waals surface area contributed by atoms with Crippen molar-refractivity contribution in [1.82, 2.24) is 4.57 Å². The van der Waals surface area contributed by atoms with Gasteiger partial charge < -0.3 is 4.42 Å².